The molecule has 0 saturated carbocycles. The summed E-state index contributed by atoms with van der Waals surface area (Å²) in [5.41, 5.74) is 7.25. The molecule has 4 rings (SSSR count). The van der Waals surface area contributed by atoms with Gasteiger partial charge in [0.15, 0.2) is 0 Å². The lowest BCUT2D eigenvalue weighted by molar-refractivity contribution is 0.432. The number of hydrogen-bond donors (Lipinski definition) is 4. The van der Waals surface area contributed by atoms with Gasteiger partial charge in [0.05, 0.1) is 9.79 Å². The molecule has 4 aromatic carbocycles. The van der Waals surface area contributed by atoms with Crippen molar-refractivity contribution < 1.29 is 20.4 Å². The van der Waals surface area contributed by atoms with E-state index in [-0.39, 0.29) is 21.7 Å². The summed E-state index contributed by atoms with van der Waals surface area (Å²) in [5, 5.41) is 42.4. The van der Waals surface area contributed by atoms with Crippen LogP contribution in [0.4, 0.5) is 0 Å². The molecule has 4 N–H and O–H groups in total. The smallest absolute Gasteiger partial charge is 0.133 e. The standard InChI is InChI=1S/2C22H30O2S/c1-13-9-15(11-17(19(13)23)21(3,4)5)25-16-10-14(2)20(24)18(12-16)22(6,7)8;1-13-9-15(21(3,4)5)19(23)17(11-13)25-18-12-14(2)10-16(20(18)24)22(6,7)8/h2*9-12,23-24H,1-8H3. The first-order chi connectivity index (χ1) is 22.6. The highest BCUT2D eigenvalue weighted by Crippen LogP contribution is 2.47. The van der Waals surface area contributed by atoms with Gasteiger partial charge in [-0.15, -0.1) is 0 Å². The lowest BCUT2D eigenvalue weighted by Gasteiger charge is -2.24. The molecule has 50 heavy (non-hydrogen) atoms. The highest BCUT2D eigenvalue weighted by atomic mass is 32.2. The Kier molecular flexibility index (Phi) is 12.2. The van der Waals surface area contributed by atoms with Gasteiger partial charge in [-0.2, -0.15) is 0 Å². The number of phenolic OH excluding ortho intramolecular Hbond substituents is 4. The van der Waals surface area contributed by atoms with Crippen LogP contribution in [-0.4, -0.2) is 20.4 Å². The molecule has 0 fully saturated rings. The summed E-state index contributed by atoms with van der Waals surface area (Å²) in [4.78, 5) is 3.77. The molecule has 0 heterocycles. The summed E-state index contributed by atoms with van der Waals surface area (Å²) in [6, 6.07) is 16.2. The van der Waals surface area contributed by atoms with Crippen molar-refractivity contribution in [2.75, 3.05) is 0 Å². The zero-order valence-electron chi connectivity index (χ0n) is 33.2. The van der Waals surface area contributed by atoms with Crippen molar-refractivity contribution in [3.05, 3.63) is 93.0 Å². The Hall–Kier alpha value is -3.22. The molecular formula is C44H60O4S2. The number of phenols is 4. The number of aromatic hydroxyl groups is 4. The minimum Gasteiger partial charge on any atom is -0.507 e. The lowest BCUT2D eigenvalue weighted by Crippen LogP contribution is -2.12. The van der Waals surface area contributed by atoms with Crippen molar-refractivity contribution in [3.8, 4) is 23.0 Å². The molecule has 0 atom stereocenters. The minimum absolute atomic E-state index is 0.118. The van der Waals surface area contributed by atoms with Crippen LogP contribution in [0.5, 0.6) is 23.0 Å². The zero-order valence-corrected chi connectivity index (χ0v) is 34.9. The van der Waals surface area contributed by atoms with Crippen molar-refractivity contribution in [1.29, 1.82) is 0 Å². The second kappa shape index (κ2) is 14.8. The molecule has 272 valence electrons. The topological polar surface area (TPSA) is 80.9 Å². The second-order valence-corrected chi connectivity index (χ2v) is 20.0. The summed E-state index contributed by atoms with van der Waals surface area (Å²) in [6.45, 7) is 33.2. The number of benzene rings is 4. The fourth-order valence-electron chi connectivity index (χ4n) is 5.80. The van der Waals surface area contributed by atoms with Crippen LogP contribution in [0.15, 0.2) is 68.1 Å². The molecule has 0 unspecified atom stereocenters. The van der Waals surface area contributed by atoms with Gasteiger partial charge in [0.1, 0.15) is 23.0 Å². The van der Waals surface area contributed by atoms with Gasteiger partial charge in [0.2, 0.25) is 0 Å². The highest BCUT2D eigenvalue weighted by Gasteiger charge is 2.25. The van der Waals surface area contributed by atoms with Gasteiger partial charge in [0, 0.05) is 32.0 Å². The van der Waals surface area contributed by atoms with Gasteiger partial charge in [-0.25, -0.2) is 0 Å². The van der Waals surface area contributed by atoms with Crippen LogP contribution in [0.25, 0.3) is 0 Å². The van der Waals surface area contributed by atoms with Crippen LogP contribution in [0.1, 0.15) is 128 Å². The molecule has 6 heteroatoms. The molecular weight excluding hydrogens is 657 g/mol. The Bertz CT molecular complexity index is 1730. The third kappa shape index (κ3) is 9.97. The Balaban J connectivity index is 0.000000270. The molecule has 4 aromatic rings. The summed E-state index contributed by atoms with van der Waals surface area (Å²) in [7, 11) is 0. The highest BCUT2D eigenvalue weighted by molar-refractivity contribution is 7.99. The first-order valence-electron chi connectivity index (χ1n) is 17.3. The van der Waals surface area contributed by atoms with E-state index < -0.39 is 0 Å². The largest absolute Gasteiger partial charge is 0.507 e. The van der Waals surface area contributed by atoms with Crippen LogP contribution in [0.3, 0.4) is 0 Å². The van der Waals surface area contributed by atoms with Gasteiger partial charge >= 0.3 is 0 Å². The van der Waals surface area contributed by atoms with Crippen molar-refractivity contribution >= 4 is 23.5 Å². The van der Waals surface area contributed by atoms with Crippen LogP contribution >= 0.6 is 23.5 Å². The average molecular weight is 717 g/mol. The summed E-state index contributed by atoms with van der Waals surface area (Å²) in [6.07, 6.45) is 0. The number of hydrogen-bond acceptors (Lipinski definition) is 6. The van der Waals surface area contributed by atoms with Crippen LogP contribution in [-0.2, 0) is 21.7 Å². The zero-order chi connectivity index (χ0) is 38.3. The third-order valence-electron chi connectivity index (χ3n) is 8.67. The van der Waals surface area contributed by atoms with Crippen molar-refractivity contribution in [1.82, 2.24) is 0 Å². The van der Waals surface area contributed by atoms with E-state index in [0.717, 1.165) is 64.1 Å². The van der Waals surface area contributed by atoms with Gasteiger partial charge in [-0.1, -0.05) is 119 Å². The van der Waals surface area contributed by atoms with Gasteiger partial charge in [-0.3, -0.25) is 0 Å². The monoisotopic (exact) mass is 716 g/mol. The molecule has 0 aliphatic heterocycles. The Morgan fingerprint density at radius 2 is 0.640 bits per heavy atom. The van der Waals surface area contributed by atoms with E-state index in [2.05, 4.69) is 95.2 Å². The molecule has 0 aliphatic rings. The SMILES string of the molecule is Cc1cc(Sc2cc(C)c(O)c(C(C)(C)C)c2)cc(C(C)(C)C)c1O.Cc1cc(Sc2cc(C)cc(C(C)(C)C)c2O)c(O)c(C(C)(C)C)c1. The van der Waals surface area contributed by atoms with Gasteiger partial charge in [0.25, 0.3) is 0 Å². The van der Waals surface area contributed by atoms with E-state index in [0.29, 0.717) is 23.0 Å². The predicted molar refractivity (Wildman–Crippen MR) is 214 cm³/mol. The Morgan fingerprint density at radius 1 is 0.360 bits per heavy atom. The summed E-state index contributed by atoms with van der Waals surface area (Å²) in [5.74, 6) is 1.38. The number of rotatable bonds is 4. The first-order valence-corrected chi connectivity index (χ1v) is 19.0. The molecule has 0 amide bonds. The van der Waals surface area contributed by atoms with E-state index in [4.69, 9.17) is 0 Å². The van der Waals surface area contributed by atoms with Crippen LogP contribution < -0.4 is 0 Å². The van der Waals surface area contributed by atoms with E-state index in [1.54, 1.807) is 11.8 Å². The van der Waals surface area contributed by atoms with Crippen LogP contribution in [0, 0.1) is 27.7 Å². The minimum atomic E-state index is -0.142. The number of aryl methyl sites for hydroxylation is 4. The van der Waals surface area contributed by atoms with Crippen molar-refractivity contribution in [2.45, 2.75) is 152 Å². The maximum absolute atomic E-state index is 10.8. The molecule has 0 saturated heterocycles. The molecule has 0 spiro atoms. The Labute approximate surface area is 310 Å². The molecule has 0 aliphatic carbocycles. The van der Waals surface area contributed by atoms with E-state index in [1.165, 1.54) is 11.8 Å². The van der Waals surface area contributed by atoms with E-state index in [1.807, 2.05) is 64.1 Å². The van der Waals surface area contributed by atoms with Crippen LogP contribution in [0.2, 0.25) is 0 Å². The predicted octanol–water partition coefficient (Wildman–Crippen LogP) is 12.9. The summed E-state index contributed by atoms with van der Waals surface area (Å²) >= 11 is 3.10. The second-order valence-electron chi connectivity index (χ2n) is 17.8. The van der Waals surface area contributed by atoms with E-state index in [9.17, 15) is 20.4 Å². The normalized spacial score (nSPS) is 12.5. The maximum atomic E-state index is 10.8. The molecule has 0 aromatic heterocycles. The fraction of sp³-hybridized carbons (Fsp3) is 0.455. The van der Waals surface area contributed by atoms with Gasteiger partial charge < -0.3 is 20.4 Å². The molecule has 4 nitrogen and oxygen atoms in total. The van der Waals surface area contributed by atoms with Gasteiger partial charge in [-0.05, 0) is 108 Å². The lowest BCUT2D eigenvalue weighted by atomic mass is 9.85. The molecule has 0 bridgehead atoms. The quantitative estimate of drug-likeness (QED) is 0.168. The maximum Gasteiger partial charge on any atom is 0.133 e. The van der Waals surface area contributed by atoms with E-state index >= 15 is 0 Å². The Morgan fingerprint density at radius 3 is 0.920 bits per heavy atom. The molecule has 0 radical (unpaired) electrons. The average Bonchev–Trinajstić information content (AvgIpc) is 2.94. The summed E-state index contributed by atoms with van der Waals surface area (Å²) < 4.78 is 0. The van der Waals surface area contributed by atoms with Crippen molar-refractivity contribution in [3.63, 3.8) is 0 Å². The van der Waals surface area contributed by atoms with Crippen molar-refractivity contribution in [2.24, 2.45) is 0 Å². The first kappa shape index (κ1) is 41.2. The third-order valence-corrected chi connectivity index (χ3v) is 10.7. The fourth-order valence-corrected chi connectivity index (χ4v) is 8.04.